The topological polar surface area (TPSA) is 50.4 Å². The van der Waals surface area contributed by atoms with E-state index in [1.807, 2.05) is 13.0 Å². The van der Waals surface area contributed by atoms with Gasteiger partial charge in [-0.3, -0.25) is 0 Å². The number of urea groups is 1. The molecule has 0 radical (unpaired) electrons. The summed E-state index contributed by atoms with van der Waals surface area (Å²) in [6.45, 7) is 1.90. The number of amides is 2. The molecule has 2 aromatic carbocycles. The van der Waals surface area contributed by atoms with Crippen LogP contribution in [0.25, 0.3) is 0 Å². The molecule has 0 saturated heterocycles. The van der Waals surface area contributed by atoms with E-state index in [2.05, 4.69) is 10.6 Å². The molecule has 5 heteroatoms. The number of halogens is 1. The second kappa shape index (κ2) is 6.30. The zero-order valence-corrected chi connectivity index (χ0v) is 12.0. The van der Waals surface area contributed by atoms with Crippen LogP contribution in [0.2, 0.25) is 5.02 Å². The Morgan fingerprint density at radius 1 is 1.10 bits per heavy atom. The van der Waals surface area contributed by atoms with E-state index in [-0.39, 0.29) is 6.03 Å². The van der Waals surface area contributed by atoms with Crippen molar-refractivity contribution in [3.05, 3.63) is 53.1 Å². The van der Waals surface area contributed by atoms with Crippen LogP contribution in [-0.4, -0.2) is 13.1 Å². The maximum Gasteiger partial charge on any atom is 0.323 e. The molecule has 0 aromatic heterocycles. The fourth-order valence-electron chi connectivity index (χ4n) is 1.72. The van der Waals surface area contributed by atoms with Gasteiger partial charge in [-0.25, -0.2) is 4.79 Å². The van der Waals surface area contributed by atoms with Gasteiger partial charge in [0, 0.05) is 16.4 Å². The van der Waals surface area contributed by atoms with Crippen molar-refractivity contribution in [1.29, 1.82) is 0 Å². The minimum Gasteiger partial charge on any atom is -0.497 e. The Labute approximate surface area is 122 Å². The normalized spacial score (nSPS) is 9.95. The van der Waals surface area contributed by atoms with Crippen LogP contribution in [0.5, 0.6) is 5.75 Å². The first-order valence-electron chi connectivity index (χ1n) is 6.06. The van der Waals surface area contributed by atoms with E-state index in [4.69, 9.17) is 16.3 Å². The van der Waals surface area contributed by atoms with Crippen molar-refractivity contribution in [2.75, 3.05) is 17.7 Å². The smallest absolute Gasteiger partial charge is 0.323 e. The van der Waals surface area contributed by atoms with E-state index in [0.717, 1.165) is 17.0 Å². The number of hydrogen-bond donors (Lipinski definition) is 2. The van der Waals surface area contributed by atoms with Crippen LogP contribution in [0.1, 0.15) is 5.56 Å². The predicted molar refractivity (Wildman–Crippen MR) is 81.8 cm³/mol. The third-order valence-corrected chi connectivity index (χ3v) is 3.04. The van der Waals surface area contributed by atoms with Gasteiger partial charge in [-0.05, 0) is 55.0 Å². The van der Waals surface area contributed by atoms with Crippen LogP contribution in [0.15, 0.2) is 42.5 Å². The maximum atomic E-state index is 11.9. The summed E-state index contributed by atoms with van der Waals surface area (Å²) in [5.41, 5.74) is 2.34. The number of carbonyl (C=O) groups is 1. The summed E-state index contributed by atoms with van der Waals surface area (Å²) >= 11 is 5.79. The van der Waals surface area contributed by atoms with Gasteiger partial charge in [0.15, 0.2) is 0 Å². The SMILES string of the molecule is COc1ccc(NC(=O)Nc2ccc(Cl)cc2)c(C)c1. The van der Waals surface area contributed by atoms with E-state index < -0.39 is 0 Å². The van der Waals surface area contributed by atoms with Crippen molar-refractivity contribution in [3.63, 3.8) is 0 Å². The number of anilines is 2. The Kier molecular flexibility index (Phi) is 4.48. The molecule has 0 fully saturated rings. The number of methoxy groups -OCH3 is 1. The molecular weight excluding hydrogens is 276 g/mol. The molecule has 2 N–H and O–H groups in total. The van der Waals surface area contributed by atoms with Gasteiger partial charge in [-0.15, -0.1) is 0 Å². The lowest BCUT2D eigenvalue weighted by Gasteiger charge is -2.11. The van der Waals surface area contributed by atoms with Crippen molar-refractivity contribution in [2.24, 2.45) is 0 Å². The van der Waals surface area contributed by atoms with Gasteiger partial charge in [0.05, 0.1) is 7.11 Å². The average Bonchev–Trinajstić information content (AvgIpc) is 2.43. The van der Waals surface area contributed by atoms with Crippen molar-refractivity contribution in [1.82, 2.24) is 0 Å². The van der Waals surface area contributed by atoms with Gasteiger partial charge in [0.25, 0.3) is 0 Å². The second-order valence-electron chi connectivity index (χ2n) is 4.27. The highest BCUT2D eigenvalue weighted by atomic mass is 35.5. The monoisotopic (exact) mass is 290 g/mol. The van der Waals surface area contributed by atoms with E-state index in [1.54, 1.807) is 43.5 Å². The molecular formula is C15H15ClN2O2. The molecule has 0 unspecified atom stereocenters. The number of benzene rings is 2. The Bertz CT molecular complexity index is 612. The summed E-state index contributed by atoms with van der Waals surface area (Å²) in [6.07, 6.45) is 0. The minimum atomic E-state index is -0.305. The van der Waals surface area contributed by atoms with E-state index >= 15 is 0 Å². The van der Waals surface area contributed by atoms with E-state index in [1.165, 1.54) is 0 Å². The molecule has 0 atom stereocenters. The number of rotatable bonds is 3. The van der Waals surface area contributed by atoms with Crippen LogP contribution in [0.4, 0.5) is 16.2 Å². The van der Waals surface area contributed by atoms with Crippen molar-refractivity contribution >= 4 is 29.0 Å². The highest BCUT2D eigenvalue weighted by Gasteiger charge is 2.05. The molecule has 0 saturated carbocycles. The van der Waals surface area contributed by atoms with E-state index in [9.17, 15) is 4.79 Å². The number of aryl methyl sites for hydroxylation is 1. The zero-order valence-electron chi connectivity index (χ0n) is 11.2. The summed E-state index contributed by atoms with van der Waals surface area (Å²) in [5, 5.41) is 6.15. The lowest BCUT2D eigenvalue weighted by molar-refractivity contribution is 0.262. The maximum absolute atomic E-state index is 11.9. The quantitative estimate of drug-likeness (QED) is 0.885. The molecule has 0 spiro atoms. The Balaban J connectivity index is 2.02. The van der Waals surface area contributed by atoms with Crippen LogP contribution >= 0.6 is 11.6 Å². The minimum absolute atomic E-state index is 0.305. The molecule has 0 aliphatic rings. The van der Waals surface area contributed by atoms with Crippen LogP contribution < -0.4 is 15.4 Å². The molecule has 104 valence electrons. The average molecular weight is 291 g/mol. The summed E-state index contributed by atoms with van der Waals surface area (Å²) in [5.74, 6) is 0.756. The zero-order chi connectivity index (χ0) is 14.5. The highest BCUT2D eigenvalue weighted by molar-refractivity contribution is 6.30. The highest BCUT2D eigenvalue weighted by Crippen LogP contribution is 2.21. The van der Waals surface area contributed by atoms with Gasteiger partial charge in [-0.2, -0.15) is 0 Å². The molecule has 2 rings (SSSR count). The molecule has 2 aromatic rings. The molecule has 0 aliphatic carbocycles. The van der Waals surface area contributed by atoms with Gasteiger partial charge in [0.2, 0.25) is 0 Å². The fraction of sp³-hybridized carbons (Fsp3) is 0.133. The molecule has 20 heavy (non-hydrogen) atoms. The Hall–Kier alpha value is -2.20. The third kappa shape index (κ3) is 3.65. The molecule has 0 bridgehead atoms. The molecule has 0 aliphatic heterocycles. The van der Waals surface area contributed by atoms with Crippen LogP contribution in [0, 0.1) is 6.92 Å². The summed E-state index contributed by atoms with van der Waals surface area (Å²) in [6, 6.07) is 12.1. The largest absolute Gasteiger partial charge is 0.497 e. The molecule has 0 heterocycles. The summed E-state index contributed by atoms with van der Waals surface area (Å²) in [7, 11) is 1.61. The van der Waals surface area contributed by atoms with Gasteiger partial charge < -0.3 is 15.4 Å². The van der Waals surface area contributed by atoms with Crippen LogP contribution in [0.3, 0.4) is 0 Å². The second-order valence-corrected chi connectivity index (χ2v) is 4.70. The van der Waals surface area contributed by atoms with Gasteiger partial charge in [-0.1, -0.05) is 11.6 Å². The van der Waals surface area contributed by atoms with Crippen molar-refractivity contribution in [2.45, 2.75) is 6.92 Å². The summed E-state index contributed by atoms with van der Waals surface area (Å²) in [4.78, 5) is 11.9. The lowest BCUT2D eigenvalue weighted by Crippen LogP contribution is -2.19. The summed E-state index contributed by atoms with van der Waals surface area (Å²) < 4.78 is 5.12. The molecule has 4 nitrogen and oxygen atoms in total. The number of carbonyl (C=O) groups excluding carboxylic acids is 1. The van der Waals surface area contributed by atoms with Gasteiger partial charge in [0.1, 0.15) is 5.75 Å². The number of ether oxygens (including phenoxy) is 1. The van der Waals surface area contributed by atoms with E-state index in [0.29, 0.717) is 10.7 Å². The first kappa shape index (κ1) is 14.2. The first-order valence-corrected chi connectivity index (χ1v) is 6.44. The van der Waals surface area contributed by atoms with Gasteiger partial charge >= 0.3 is 6.03 Å². The Morgan fingerprint density at radius 2 is 1.80 bits per heavy atom. The van der Waals surface area contributed by atoms with Crippen molar-refractivity contribution < 1.29 is 9.53 Å². The number of nitrogens with one attached hydrogen (secondary N) is 2. The standard InChI is InChI=1S/C15H15ClN2O2/c1-10-9-13(20-2)7-8-14(10)18-15(19)17-12-5-3-11(16)4-6-12/h3-9H,1-2H3,(H2,17,18,19). The molecule has 2 amide bonds. The number of hydrogen-bond acceptors (Lipinski definition) is 2. The first-order chi connectivity index (χ1) is 9.58. The van der Waals surface area contributed by atoms with Crippen LogP contribution in [-0.2, 0) is 0 Å². The van der Waals surface area contributed by atoms with Crippen molar-refractivity contribution in [3.8, 4) is 5.75 Å². The fourth-order valence-corrected chi connectivity index (χ4v) is 1.85. The lowest BCUT2D eigenvalue weighted by atomic mass is 10.2. The Morgan fingerprint density at radius 3 is 2.40 bits per heavy atom. The third-order valence-electron chi connectivity index (χ3n) is 2.78. The predicted octanol–water partition coefficient (Wildman–Crippen LogP) is 4.30.